The molecule has 21 heavy (non-hydrogen) atoms. The molecule has 1 aromatic heterocycles. The number of nitrogens with zero attached hydrogens (tertiary/aromatic N) is 1. The monoisotopic (exact) mass is 294 g/mol. The van der Waals surface area contributed by atoms with Crippen molar-refractivity contribution in [1.29, 1.82) is 0 Å². The van der Waals surface area contributed by atoms with Crippen molar-refractivity contribution in [2.75, 3.05) is 10.7 Å². The fourth-order valence-electron chi connectivity index (χ4n) is 1.63. The Bertz CT molecular complexity index is 620. The molecule has 0 unspecified atom stereocenters. The van der Waals surface area contributed by atoms with Crippen LogP contribution in [-0.2, 0) is 0 Å². The van der Waals surface area contributed by atoms with Crippen molar-refractivity contribution in [3.63, 3.8) is 0 Å². The smallest absolute Gasteiger partial charge is 0.387 e. The van der Waals surface area contributed by atoms with Gasteiger partial charge in [0.15, 0.2) is 0 Å². The number of anilines is 2. The number of carbonyl (C=O) groups excluding carboxylic acids is 1. The van der Waals surface area contributed by atoms with Crippen molar-refractivity contribution in [1.82, 2.24) is 4.98 Å². The third kappa shape index (κ3) is 3.86. The number of nitrogens with two attached hydrogens (primary N) is 1. The number of nitrogens with one attached hydrogen (secondary N) is 2. The number of halogens is 2. The Morgan fingerprint density at radius 2 is 1.95 bits per heavy atom. The average molecular weight is 294 g/mol. The van der Waals surface area contributed by atoms with Gasteiger partial charge < -0.3 is 15.5 Å². The summed E-state index contributed by atoms with van der Waals surface area (Å²) in [6.45, 7) is -2.89. The summed E-state index contributed by atoms with van der Waals surface area (Å²) in [7, 11) is 0. The number of rotatable bonds is 5. The van der Waals surface area contributed by atoms with Gasteiger partial charge in [0.2, 0.25) is 0 Å². The molecule has 2 rings (SSSR count). The molecule has 0 aliphatic rings. The molecule has 0 saturated heterocycles. The van der Waals surface area contributed by atoms with Gasteiger partial charge in [-0.2, -0.15) is 8.78 Å². The van der Waals surface area contributed by atoms with Gasteiger partial charge in [-0.25, -0.2) is 0 Å². The highest BCUT2D eigenvalue weighted by molar-refractivity contribution is 6.07. The number of benzene rings is 1. The Labute approximate surface area is 118 Å². The minimum atomic E-state index is -2.89. The highest BCUT2D eigenvalue weighted by Gasteiger charge is 2.11. The minimum Gasteiger partial charge on any atom is -0.435 e. The first-order chi connectivity index (χ1) is 10.1. The summed E-state index contributed by atoms with van der Waals surface area (Å²) < 4.78 is 28.3. The lowest BCUT2D eigenvalue weighted by Crippen LogP contribution is -2.17. The van der Waals surface area contributed by atoms with E-state index in [-0.39, 0.29) is 5.75 Å². The zero-order valence-corrected chi connectivity index (χ0v) is 10.7. The van der Waals surface area contributed by atoms with Gasteiger partial charge >= 0.3 is 6.61 Å². The first kappa shape index (κ1) is 14.7. The number of hydrazine groups is 1. The van der Waals surface area contributed by atoms with Crippen LogP contribution in [0, 0.1) is 0 Å². The van der Waals surface area contributed by atoms with Gasteiger partial charge in [-0.05, 0) is 30.3 Å². The molecular formula is C13H12F2N4O2. The van der Waals surface area contributed by atoms with Crippen LogP contribution in [0.1, 0.15) is 10.4 Å². The van der Waals surface area contributed by atoms with Crippen LogP contribution in [0.25, 0.3) is 0 Å². The van der Waals surface area contributed by atoms with Gasteiger partial charge in [-0.3, -0.25) is 15.6 Å². The summed E-state index contributed by atoms with van der Waals surface area (Å²) >= 11 is 0. The zero-order chi connectivity index (χ0) is 15.2. The quantitative estimate of drug-likeness (QED) is 0.581. The molecule has 1 heterocycles. The number of amides is 1. The van der Waals surface area contributed by atoms with Gasteiger partial charge in [0, 0.05) is 11.9 Å². The number of pyridine rings is 1. The Kier molecular flexibility index (Phi) is 4.62. The van der Waals surface area contributed by atoms with E-state index in [9.17, 15) is 13.6 Å². The van der Waals surface area contributed by atoms with Crippen molar-refractivity contribution in [3.05, 3.63) is 48.3 Å². The third-order valence-corrected chi connectivity index (χ3v) is 2.56. The molecule has 0 radical (unpaired) electrons. The summed E-state index contributed by atoms with van der Waals surface area (Å²) in [6.07, 6.45) is 2.86. The van der Waals surface area contributed by atoms with E-state index < -0.39 is 12.5 Å². The van der Waals surface area contributed by atoms with E-state index in [0.29, 0.717) is 16.9 Å². The molecule has 0 spiro atoms. The molecular weight excluding hydrogens is 282 g/mol. The molecule has 0 saturated carbocycles. The molecule has 110 valence electrons. The van der Waals surface area contributed by atoms with Crippen LogP contribution in [0.15, 0.2) is 42.7 Å². The van der Waals surface area contributed by atoms with Crippen molar-refractivity contribution in [3.8, 4) is 5.75 Å². The van der Waals surface area contributed by atoms with Crippen LogP contribution in [0.5, 0.6) is 5.75 Å². The van der Waals surface area contributed by atoms with Crippen molar-refractivity contribution in [2.24, 2.45) is 5.84 Å². The van der Waals surface area contributed by atoms with Gasteiger partial charge in [-0.15, -0.1) is 0 Å². The highest BCUT2D eigenvalue weighted by Crippen LogP contribution is 2.19. The molecule has 0 bridgehead atoms. The van der Waals surface area contributed by atoms with Gasteiger partial charge in [0.05, 0.1) is 17.4 Å². The first-order valence-corrected chi connectivity index (χ1v) is 5.87. The summed E-state index contributed by atoms with van der Waals surface area (Å²) in [5.41, 5.74) is 3.47. The lowest BCUT2D eigenvalue weighted by Gasteiger charge is -2.10. The number of aromatic nitrogens is 1. The van der Waals surface area contributed by atoms with E-state index in [1.54, 1.807) is 0 Å². The number of nitrogen functional groups attached to an aromatic ring is 1. The number of alkyl halides is 2. The van der Waals surface area contributed by atoms with Crippen LogP contribution in [0.3, 0.4) is 0 Å². The maximum atomic E-state index is 12.1. The van der Waals surface area contributed by atoms with Crippen LogP contribution < -0.4 is 21.3 Å². The molecule has 1 amide bonds. The van der Waals surface area contributed by atoms with E-state index in [2.05, 4.69) is 20.5 Å². The molecule has 1 aromatic carbocycles. The summed E-state index contributed by atoms with van der Waals surface area (Å²) in [5, 5.41) is 2.61. The number of carbonyl (C=O) groups is 1. The van der Waals surface area contributed by atoms with Crippen LogP contribution >= 0.6 is 0 Å². The molecule has 0 aliphatic carbocycles. The Hall–Kier alpha value is -2.74. The first-order valence-electron chi connectivity index (χ1n) is 5.87. The predicted molar refractivity (Wildman–Crippen MR) is 73.1 cm³/mol. The Morgan fingerprint density at radius 1 is 1.24 bits per heavy atom. The second-order valence-electron chi connectivity index (χ2n) is 3.92. The minimum absolute atomic E-state index is 0.0104. The summed E-state index contributed by atoms with van der Waals surface area (Å²) in [5.74, 6) is 4.89. The largest absolute Gasteiger partial charge is 0.435 e. The van der Waals surface area contributed by atoms with Crippen LogP contribution in [0.2, 0.25) is 0 Å². The zero-order valence-electron chi connectivity index (χ0n) is 10.7. The highest BCUT2D eigenvalue weighted by atomic mass is 19.3. The number of ether oxygens (including phenoxy) is 1. The van der Waals surface area contributed by atoms with Gasteiger partial charge in [-0.1, -0.05) is 0 Å². The summed E-state index contributed by atoms with van der Waals surface area (Å²) in [6, 6.07) is 7.06. The molecule has 2 aromatic rings. The molecule has 0 atom stereocenters. The standard InChI is InChI=1S/C13H12F2N4O2/c14-13(15)21-9-3-1-8(2-4-9)18-12(20)10-5-6-17-7-11(10)19-16/h1-7,13,19H,16H2,(H,18,20). The second kappa shape index (κ2) is 6.62. The van der Waals surface area contributed by atoms with Crippen LogP contribution in [0.4, 0.5) is 20.2 Å². The van der Waals surface area contributed by atoms with Crippen molar-refractivity contribution < 1.29 is 18.3 Å². The van der Waals surface area contributed by atoms with Crippen molar-refractivity contribution in [2.45, 2.75) is 6.61 Å². The molecule has 0 aliphatic heterocycles. The molecule has 0 fully saturated rings. The maximum absolute atomic E-state index is 12.1. The lowest BCUT2D eigenvalue weighted by atomic mass is 10.2. The van der Waals surface area contributed by atoms with E-state index in [0.717, 1.165) is 0 Å². The fourth-order valence-corrected chi connectivity index (χ4v) is 1.63. The fraction of sp³-hybridized carbons (Fsp3) is 0.0769. The van der Waals surface area contributed by atoms with Gasteiger partial charge in [0.1, 0.15) is 5.75 Å². The van der Waals surface area contributed by atoms with Crippen molar-refractivity contribution >= 4 is 17.3 Å². The van der Waals surface area contributed by atoms with E-state index in [1.165, 1.54) is 42.7 Å². The van der Waals surface area contributed by atoms with E-state index in [1.807, 2.05) is 0 Å². The molecule has 6 nitrogen and oxygen atoms in total. The Morgan fingerprint density at radius 3 is 2.57 bits per heavy atom. The second-order valence-corrected chi connectivity index (χ2v) is 3.92. The normalized spacial score (nSPS) is 10.3. The van der Waals surface area contributed by atoms with Gasteiger partial charge in [0.25, 0.3) is 5.91 Å². The topological polar surface area (TPSA) is 89.3 Å². The Balaban J connectivity index is 2.09. The average Bonchev–Trinajstić information content (AvgIpc) is 2.48. The third-order valence-electron chi connectivity index (χ3n) is 2.56. The SMILES string of the molecule is NNc1cnccc1C(=O)Nc1ccc(OC(F)F)cc1. The number of hydrogen-bond acceptors (Lipinski definition) is 5. The van der Waals surface area contributed by atoms with E-state index >= 15 is 0 Å². The summed E-state index contributed by atoms with van der Waals surface area (Å²) in [4.78, 5) is 15.9. The number of hydrogen-bond donors (Lipinski definition) is 3. The predicted octanol–water partition coefficient (Wildman–Crippen LogP) is 2.22. The molecule has 8 heteroatoms. The van der Waals surface area contributed by atoms with E-state index in [4.69, 9.17) is 5.84 Å². The maximum Gasteiger partial charge on any atom is 0.387 e. The lowest BCUT2D eigenvalue weighted by molar-refractivity contribution is -0.0498. The molecule has 4 N–H and O–H groups in total. The van der Waals surface area contributed by atoms with Crippen LogP contribution in [-0.4, -0.2) is 17.5 Å².